The van der Waals surface area contributed by atoms with Crippen LogP contribution in [-0.4, -0.2) is 0 Å². The van der Waals surface area contributed by atoms with Crippen LogP contribution in [0.5, 0.6) is 0 Å². The first-order valence-corrected chi connectivity index (χ1v) is 4.64. The van der Waals surface area contributed by atoms with Gasteiger partial charge in [0.25, 0.3) is 0 Å². The number of hydrogen-bond acceptors (Lipinski definition) is 1. The second-order valence-electron chi connectivity index (χ2n) is 3.00. The zero-order valence-electron chi connectivity index (χ0n) is 7.13. The highest BCUT2D eigenvalue weighted by atomic mass is 79.9. The normalized spacial score (nSPS) is 9.92. The van der Waals surface area contributed by atoms with Gasteiger partial charge in [0.05, 0.1) is 11.6 Å². The minimum Gasteiger partial charge on any atom is -0.192 e. The summed E-state index contributed by atoms with van der Waals surface area (Å²) >= 11 is 3.45. The molecule has 0 aliphatic carbocycles. The van der Waals surface area contributed by atoms with Gasteiger partial charge < -0.3 is 0 Å². The van der Waals surface area contributed by atoms with E-state index in [0.29, 0.717) is 5.92 Å². The predicted molar refractivity (Wildman–Crippen MR) is 52.9 cm³/mol. The van der Waals surface area contributed by atoms with E-state index in [4.69, 9.17) is 5.26 Å². The van der Waals surface area contributed by atoms with E-state index in [0.717, 1.165) is 10.0 Å². The molecule has 62 valence electrons. The molecule has 0 spiro atoms. The second-order valence-corrected chi connectivity index (χ2v) is 3.86. The number of nitrogens with zero attached hydrogens (tertiary/aromatic N) is 1. The Bertz CT molecular complexity index is 323. The average molecular weight is 224 g/mol. The van der Waals surface area contributed by atoms with Gasteiger partial charge in [0.1, 0.15) is 0 Å². The van der Waals surface area contributed by atoms with Crippen LogP contribution in [0.1, 0.15) is 30.9 Å². The van der Waals surface area contributed by atoms with Crippen molar-refractivity contribution in [2.24, 2.45) is 0 Å². The Morgan fingerprint density at radius 1 is 1.42 bits per heavy atom. The maximum Gasteiger partial charge on any atom is 0.0991 e. The van der Waals surface area contributed by atoms with E-state index in [1.807, 2.05) is 18.2 Å². The monoisotopic (exact) mass is 223 g/mol. The van der Waals surface area contributed by atoms with Gasteiger partial charge in [-0.1, -0.05) is 29.8 Å². The Hall–Kier alpha value is -0.810. The maximum absolute atomic E-state index is 8.67. The third-order valence-electron chi connectivity index (χ3n) is 1.75. The molecule has 0 atom stereocenters. The van der Waals surface area contributed by atoms with E-state index in [1.165, 1.54) is 5.56 Å². The molecule has 1 nitrogen and oxygen atoms in total. The molecule has 0 N–H and O–H groups in total. The Balaban J connectivity index is 3.19. The molecule has 0 unspecified atom stereocenters. The molecule has 0 bridgehead atoms. The van der Waals surface area contributed by atoms with Gasteiger partial charge in [-0.05, 0) is 29.7 Å². The lowest BCUT2D eigenvalue weighted by molar-refractivity contribution is 0.860. The van der Waals surface area contributed by atoms with E-state index < -0.39 is 0 Å². The Morgan fingerprint density at radius 2 is 2.08 bits per heavy atom. The van der Waals surface area contributed by atoms with Crippen molar-refractivity contribution in [2.75, 3.05) is 0 Å². The van der Waals surface area contributed by atoms with Gasteiger partial charge >= 0.3 is 0 Å². The highest BCUT2D eigenvalue weighted by Gasteiger charge is 2.04. The van der Waals surface area contributed by atoms with Crippen LogP contribution in [0.2, 0.25) is 0 Å². The van der Waals surface area contributed by atoms with Crippen molar-refractivity contribution in [1.82, 2.24) is 0 Å². The largest absolute Gasteiger partial charge is 0.192 e. The molecule has 1 rings (SSSR count). The average Bonchev–Trinajstić information content (AvgIpc) is 2.05. The SMILES string of the molecule is CC(C)c1cc(C#N)ccc1Br. The summed E-state index contributed by atoms with van der Waals surface area (Å²) in [5.41, 5.74) is 1.91. The summed E-state index contributed by atoms with van der Waals surface area (Å²) in [5.74, 6) is 0.452. The second kappa shape index (κ2) is 3.73. The first kappa shape index (κ1) is 9.28. The summed E-state index contributed by atoms with van der Waals surface area (Å²) in [5, 5.41) is 8.67. The minimum absolute atomic E-state index is 0.452. The molecule has 0 radical (unpaired) electrons. The molecule has 0 amide bonds. The van der Waals surface area contributed by atoms with Crippen molar-refractivity contribution in [3.05, 3.63) is 33.8 Å². The van der Waals surface area contributed by atoms with Crippen molar-refractivity contribution in [3.63, 3.8) is 0 Å². The molecule has 12 heavy (non-hydrogen) atoms. The quantitative estimate of drug-likeness (QED) is 0.716. The van der Waals surface area contributed by atoms with Crippen LogP contribution >= 0.6 is 15.9 Å². The van der Waals surface area contributed by atoms with E-state index >= 15 is 0 Å². The lowest BCUT2D eigenvalue weighted by Crippen LogP contribution is -1.89. The molecule has 0 aliphatic rings. The highest BCUT2D eigenvalue weighted by Crippen LogP contribution is 2.25. The number of rotatable bonds is 1. The molecular formula is C10H10BrN. The molecule has 0 aromatic heterocycles. The fourth-order valence-corrected chi connectivity index (χ4v) is 1.76. The van der Waals surface area contributed by atoms with Crippen LogP contribution < -0.4 is 0 Å². The molecule has 0 saturated heterocycles. The van der Waals surface area contributed by atoms with Crippen molar-refractivity contribution >= 4 is 15.9 Å². The van der Waals surface area contributed by atoms with Crippen molar-refractivity contribution in [1.29, 1.82) is 5.26 Å². The van der Waals surface area contributed by atoms with Crippen LogP contribution in [0.25, 0.3) is 0 Å². The summed E-state index contributed by atoms with van der Waals surface area (Å²) in [4.78, 5) is 0. The summed E-state index contributed by atoms with van der Waals surface area (Å²) in [6.45, 7) is 4.22. The van der Waals surface area contributed by atoms with Gasteiger partial charge in [-0.2, -0.15) is 5.26 Å². The standard InChI is InChI=1S/C10H10BrN/c1-7(2)9-5-8(6-12)3-4-10(9)11/h3-5,7H,1-2H3. The van der Waals surface area contributed by atoms with E-state index in [-0.39, 0.29) is 0 Å². The smallest absolute Gasteiger partial charge is 0.0991 e. The lowest BCUT2D eigenvalue weighted by atomic mass is 10.0. The number of nitriles is 1. The fraction of sp³-hybridized carbons (Fsp3) is 0.300. The summed E-state index contributed by atoms with van der Waals surface area (Å²) in [6.07, 6.45) is 0. The first-order valence-electron chi connectivity index (χ1n) is 3.84. The first-order chi connectivity index (χ1) is 5.65. The van der Waals surface area contributed by atoms with Crippen molar-refractivity contribution in [2.45, 2.75) is 19.8 Å². The number of halogens is 1. The predicted octanol–water partition coefficient (Wildman–Crippen LogP) is 3.44. The molecule has 0 fully saturated rings. The van der Waals surface area contributed by atoms with E-state index in [9.17, 15) is 0 Å². The van der Waals surface area contributed by atoms with Crippen LogP contribution in [0.3, 0.4) is 0 Å². The zero-order chi connectivity index (χ0) is 9.14. The third-order valence-corrected chi connectivity index (χ3v) is 2.47. The fourth-order valence-electron chi connectivity index (χ4n) is 1.06. The van der Waals surface area contributed by atoms with Crippen LogP contribution in [0.4, 0.5) is 0 Å². The van der Waals surface area contributed by atoms with Gasteiger partial charge in [0.2, 0.25) is 0 Å². The Labute approximate surface area is 81.2 Å². The Morgan fingerprint density at radius 3 is 2.58 bits per heavy atom. The van der Waals surface area contributed by atoms with Crippen LogP contribution in [0.15, 0.2) is 22.7 Å². The van der Waals surface area contributed by atoms with Crippen molar-refractivity contribution in [3.8, 4) is 6.07 Å². The summed E-state index contributed by atoms with van der Waals surface area (Å²) in [6, 6.07) is 7.79. The maximum atomic E-state index is 8.67. The van der Waals surface area contributed by atoms with Gasteiger partial charge in [-0.15, -0.1) is 0 Å². The molecule has 1 aromatic carbocycles. The van der Waals surface area contributed by atoms with E-state index in [1.54, 1.807) is 0 Å². The molecule has 2 heteroatoms. The molecule has 0 aliphatic heterocycles. The Kier molecular flexibility index (Phi) is 2.88. The lowest BCUT2D eigenvalue weighted by Gasteiger charge is -2.07. The third kappa shape index (κ3) is 1.86. The zero-order valence-corrected chi connectivity index (χ0v) is 8.72. The van der Waals surface area contributed by atoms with Gasteiger partial charge in [0.15, 0.2) is 0 Å². The summed E-state index contributed by atoms with van der Waals surface area (Å²) in [7, 11) is 0. The van der Waals surface area contributed by atoms with Crippen LogP contribution in [-0.2, 0) is 0 Å². The molecular weight excluding hydrogens is 214 g/mol. The summed E-state index contributed by atoms with van der Waals surface area (Å²) < 4.78 is 1.08. The molecule has 1 aromatic rings. The van der Waals surface area contributed by atoms with Crippen LogP contribution in [0, 0.1) is 11.3 Å². The number of benzene rings is 1. The van der Waals surface area contributed by atoms with Crippen molar-refractivity contribution < 1.29 is 0 Å². The molecule has 0 heterocycles. The topological polar surface area (TPSA) is 23.8 Å². The highest BCUT2D eigenvalue weighted by molar-refractivity contribution is 9.10. The van der Waals surface area contributed by atoms with E-state index in [2.05, 4.69) is 35.8 Å². The number of hydrogen-bond donors (Lipinski definition) is 0. The van der Waals surface area contributed by atoms with Gasteiger partial charge in [-0.3, -0.25) is 0 Å². The molecule has 0 saturated carbocycles. The minimum atomic E-state index is 0.452. The van der Waals surface area contributed by atoms with Gasteiger partial charge in [-0.25, -0.2) is 0 Å². The van der Waals surface area contributed by atoms with Gasteiger partial charge in [0, 0.05) is 4.47 Å².